The number of anilines is 1. The number of hydrogen-bond acceptors (Lipinski definition) is 5. The van der Waals surface area contributed by atoms with E-state index in [0.717, 1.165) is 17.1 Å². The number of sulfonamides is 1. The maximum atomic E-state index is 13.0. The van der Waals surface area contributed by atoms with Gasteiger partial charge >= 0.3 is 0 Å². The summed E-state index contributed by atoms with van der Waals surface area (Å²) >= 11 is 0. The molecule has 1 amide bonds. The van der Waals surface area contributed by atoms with Crippen molar-refractivity contribution in [3.8, 4) is 5.69 Å². The molecule has 4 rings (SSSR count). The third-order valence-corrected chi connectivity index (χ3v) is 7.67. The molecule has 32 heavy (non-hydrogen) atoms. The molecule has 1 saturated heterocycles. The molecule has 9 heteroatoms. The normalized spacial score (nSPS) is 15.6. The van der Waals surface area contributed by atoms with E-state index in [-0.39, 0.29) is 10.8 Å². The molecule has 0 radical (unpaired) electrons. The van der Waals surface area contributed by atoms with E-state index in [0.29, 0.717) is 37.4 Å². The fourth-order valence-corrected chi connectivity index (χ4v) is 5.45. The van der Waals surface area contributed by atoms with Crippen molar-refractivity contribution in [1.82, 2.24) is 18.8 Å². The van der Waals surface area contributed by atoms with E-state index in [9.17, 15) is 13.2 Å². The van der Waals surface area contributed by atoms with Gasteiger partial charge in [0.2, 0.25) is 10.0 Å². The minimum atomic E-state index is -3.61. The van der Waals surface area contributed by atoms with Crippen LogP contribution >= 0.6 is 0 Å². The lowest BCUT2D eigenvalue weighted by atomic mass is 10.2. The van der Waals surface area contributed by atoms with Crippen LogP contribution in [0.5, 0.6) is 0 Å². The summed E-state index contributed by atoms with van der Waals surface area (Å²) in [5, 5.41) is 2.85. The zero-order valence-electron chi connectivity index (χ0n) is 18.4. The minimum Gasteiger partial charge on any atom is -0.322 e. The Morgan fingerprint density at radius 3 is 2.47 bits per heavy atom. The van der Waals surface area contributed by atoms with E-state index in [4.69, 9.17) is 0 Å². The molecular formula is C23H27N5O3S. The molecule has 0 atom stereocenters. The first-order chi connectivity index (χ1) is 15.3. The van der Waals surface area contributed by atoms with Crippen LogP contribution in [0.4, 0.5) is 5.69 Å². The Labute approximate surface area is 188 Å². The van der Waals surface area contributed by atoms with Gasteiger partial charge in [0.25, 0.3) is 5.91 Å². The standard InChI is InChI=1S/C23H27N5O3S/c1-17-14-22(18(2)28(17)20-7-5-9-24-16-20)23(29)25-19-6-4-8-21(15-19)32(30,31)27-12-10-26(3)11-13-27/h4-9,14-16H,10-13H2,1-3H3,(H,25,29). The first-order valence-electron chi connectivity index (χ1n) is 10.5. The third-order valence-electron chi connectivity index (χ3n) is 5.77. The van der Waals surface area contributed by atoms with Crippen LogP contribution in [0.3, 0.4) is 0 Å². The Bertz CT molecular complexity index is 1230. The number of amides is 1. The number of rotatable bonds is 5. The topological polar surface area (TPSA) is 87.5 Å². The fourth-order valence-electron chi connectivity index (χ4n) is 3.99. The van der Waals surface area contributed by atoms with Crippen LogP contribution in [0, 0.1) is 13.8 Å². The van der Waals surface area contributed by atoms with E-state index >= 15 is 0 Å². The largest absolute Gasteiger partial charge is 0.322 e. The van der Waals surface area contributed by atoms with Crippen molar-refractivity contribution in [2.75, 3.05) is 38.5 Å². The summed E-state index contributed by atoms with van der Waals surface area (Å²) in [4.78, 5) is 19.5. The van der Waals surface area contributed by atoms with Crippen molar-refractivity contribution in [2.24, 2.45) is 0 Å². The second kappa shape index (κ2) is 8.85. The second-order valence-corrected chi connectivity index (χ2v) is 9.96. The number of hydrogen-bond donors (Lipinski definition) is 1. The van der Waals surface area contributed by atoms with Crippen molar-refractivity contribution in [2.45, 2.75) is 18.7 Å². The number of nitrogens with one attached hydrogen (secondary N) is 1. The Balaban J connectivity index is 1.56. The summed E-state index contributed by atoms with van der Waals surface area (Å²) in [6, 6.07) is 12.0. The number of nitrogens with zero attached hydrogens (tertiary/aromatic N) is 4. The Morgan fingerprint density at radius 2 is 1.78 bits per heavy atom. The van der Waals surface area contributed by atoms with Crippen LogP contribution in [-0.4, -0.2) is 66.3 Å². The van der Waals surface area contributed by atoms with Crippen LogP contribution in [0.2, 0.25) is 0 Å². The predicted octanol–water partition coefficient (Wildman–Crippen LogP) is 2.68. The molecule has 0 unspecified atom stereocenters. The molecule has 0 saturated carbocycles. The van der Waals surface area contributed by atoms with Gasteiger partial charge in [0.1, 0.15) is 0 Å². The van der Waals surface area contributed by atoms with Gasteiger partial charge in [-0.15, -0.1) is 0 Å². The smallest absolute Gasteiger partial charge is 0.257 e. The lowest BCUT2D eigenvalue weighted by Gasteiger charge is -2.31. The number of pyridine rings is 1. The van der Waals surface area contributed by atoms with E-state index in [2.05, 4.69) is 15.2 Å². The molecule has 1 N–H and O–H groups in total. The Kier molecular flexibility index (Phi) is 6.14. The lowest BCUT2D eigenvalue weighted by molar-refractivity contribution is 0.102. The van der Waals surface area contributed by atoms with E-state index < -0.39 is 10.0 Å². The minimum absolute atomic E-state index is 0.181. The number of piperazine rings is 1. The van der Waals surface area contributed by atoms with Gasteiger partial charge in [-0.1, -0.05) is 6.07 Å². The summed E-state index contributed by atoms with van der Waals surface area (Å²) in [5.41, 5.74) is 3.54. The molecule has 0 bridgehead atoms. The SMILES string of the molecule is Cc1cc(C(=O)Nc2cccc(S(=O)(=O)N3CCN(C)CC3)c2)c(C)n1-c1cccnc1. The monoisotopic (exact) mass is 453 g/mol. The molecule has 1 fully saturated rings. The van der Waals surface area contributed by atoms with Crippen LogP contribution in [-0.2, 0) is 10.0 Å². The molecule has 168 valence electrons. The highest BCUT2D eigenvalue weighted by Gasteiger charge is 2.27. The zero-order valence-corrected chi connectivity index (χ0v) is 19.3. The van der Waals surface area contributed by atoms with E-state index in [1.54, 1.807) is 30.6 Å². The summed E-state index contributed by atoms with van der Waals surface area (Å²) in [6.07, 6.45) is 3.45. The average Bonchev–Trinajstić information content (AvgIpc) is 3.09. The van der Waals surface area contributed by atoms with Crippen molar-refractivity contribution in [3.63, 3.8) is 0 Å². The number of carbonyl (C=O) groups excluding carboxylic acids is 1. The van der Waals surface area contributed by atoms with Gasteiger partial charge in [-0.2, -0.15) is 4.31 Å². The van der Waals surface area contributed by atoms with Gasteiger partial charge in [0.05, 0.1) is 22.3 Å². The highest BCUT2D eigenvalue weighted by atomic mass is 32.2. The first-order valence-corrected chi connectivity index (χ1v) is 11.9. The molecule has 1 aliphatic rings. The van der Waals surface area contributed by atoms with Gasteiger partial charge in [-0.05, 0) is 57.3 Å². The highest BCUT2D eigenvalue weighted by molar-refractivity contribution is 7.89. The maximum Gasteiger partial charge on any atom is 0.257 e. The van der Waals surface area contributed by atoms with Gasteiger partial charge in [-0.25, -0.2) is 8.42 Å². The molecule has 3 heterocycles. The van der Waals surface area contributed by atoms with Crippen LogP contribution < -0.4 is 5.32 Å². The Morgan fingerprint density at radius 1 is 1.03 bits per heavy atom. The average molecular weight is 454 g/mol. The summed E-state index contributed by atoms with van der Waals surface area (Å²) in [6.45, 7) is 6.11. The van der Waals surface area contributed by atoms with Crippen molar-refractivity contribution >= 4 is 21.6 Å². The van der Waals surface area contributed by atoms with Crippen LogP contribution in [0.15, 0.2) is 59.8 Å². The van der Waals surface area contributed by atoms with Crippen LogP contribution in [0.1, 0.15) is 21.7 Å². The van der Waals surface area contributed by atoms with E-state index in [1.807, 2.05) is 43.7 Å². The molecule has 2 aromatic heterocycles. The second-order valence-electron chi connectivity index (χ2n) is 8.02. The van der Waals surface area contributed by atoms with Gasteiger partial charge in [0.15, 0.2) is 0 Å². The molecule has 8 nitrogen and oxygen atoms in total. The molecule has 1 aliphatic heterocycles. The number of carbonyl (C=O) groups is 1. The molecule has 0 aliphatic carbocycles. The lowest BCUT2D eigenvalue weighted by Crippen LogP contribution is -2.47. The molecule has 1 aromatic carbocycles. The zero-order chi connectivity index (χ0) is 22.9. The first kappa shape index (κ1) is 22.2. The van der Waals surface area contributed by atoms with Crippen LogP contribution in [0.25, 0.3) is 5.69 Å². The van der Waals surface area contributed by atoms with Gasteiger partial charge < -0.3 is 14.8 Å². The van der Waals surface area contributed by atoms with Gasteiger partial charge in [-0.3, -0.25) is 9.78 Å². The number of aryl methyl sites for hydroxylation is 1. The third kappa shape index (κ3) is 4.32. The van der Waals surface area contributed by atoms with E-state index in [1.165, 1.54) is 10.4 Å². The highest BCUT2D eigenvalue weighted by Crippen LogP contribution is 2.24. The van der Waals surface area contributed by atoms with Crippen molar-refractivity contribution in [1.29, 1.82) is 0 Å². The Hall–Kier alpha value is -3.01. The predicted molar refractivity (Wildman–Crippen MR) is 124 cm³/mol. The number of likely N-dealkylation sites (N-methyl/N-ethyl adjacent to an activating group) is 1. The number of aromatic nitrogens is 2. The van der Waals surface area contributed by atoms with Gasteiger partial charge in [0, 0.05) is 49.5 Å². The fraction of sp³-hybridized carbons (Fsp3) is 0.304. The summed E-state index contributed by atoms with van der Waals surface area (Å²) in [7, 11) is -1.63. The maximum absolute atomic E-state index is 13.0. The van der Waals surface area contributed by atoms with Crippen molar-refractivity contribution in [3.05, 3.63) is 71.8 Å². The summed E-state index contributed by atoms with van der Waals surface area (Å²) < 4.78 is 29.6. The quantitative estimate of drug-likeness (QED) is 0.642. The molecular weight excluding hydrogens is 426 g/mol. The molecule has 3 aromatic rings. The number of benzene rings is 1. The van der Waals surface area contributed by atoms with Crippen molar-refractivity contribution < 1.29 is 13.2 Å². The molecule has 0 spiro atoms. The summed E-state index contributed by atoms with van der Waals surface area (Å²) in [5.74, 6) is -0.289.